The molecule has 0 fully saturated rings. The van der Waals surface area contributed by atoms with E-state index in [0.717, 1.165) is 5.56 Å². The molecule has 1 aromatic heterocycles. The zero-order chi connectivity index (χ0) is 15.0. The average molecular weight is 298 g/mol. The van der Waals surface area contributed by atoms with Gasteiger partial charge in [0.15, 0.2) is 0 Å². The SMILES string of the molecule is NCC[C@H](NSC(=O)[C@@H](N)Cc1ccncc1)C(=O)O. The quantitative estimate of drug-likeness (QED) is 0.473. The van der Waals surface area contributed by atoms with Gasteiger partial charge in [-0.1, -0.05) is 0 Å². The Morgan fingerprint density at radius 3 is 2.60 bits per heavy atom. The zero-order valence-electron chi connectivity index (χ0n) is 10.9. The highest BCUT2D eigenvalue weighted by molar-refractivity contribution is 8.12. The van der Waals surface area contributed by atoms with Crippen molar-refractivity contribution in [1.29, 1.82) is 0 Å². The van der Waals surface area contributed by atoms with Crippen LogP contribution < -0.4 is 16.2 Å². The molecule has 0 aromatic carbocycles. The third kappa shape index (κ3) is 5.66. The summed E-state index contributed by atoms with van der Waals surface area (Å²) in [5.41, 5.74) is 12.0. The van der Waals surface area contributed by atoms with Crippen molar-refractivity contribution in [3.8, 4) is 0 Å². The molecule has 0 saturated carbocycles. The van der Waals surface area contributed by atoms with E-state index in [4.69, 9.17) is 16.6 Å². The molecule has 110 valence electrons. The zero-order valence-corrected chi connectivity index (χ0v) is 11.7. The predicted octanol–water partition coefficient (Wildman–Crippen LogP) is -0.482. The van der Waals surface area contributed by atoms with Crippen molar-refractivity contribution in [2.75, 3.05) is 6.54 Å². The van der Waals surface area contributed by atoms with E-state index in [1.54, 1.807) is 24.5 Å². The molecule has 0 saturated heterocycles. The lowest BCUT2D eigenvalue weighted by Crippen LogP contribution is -2.38. The number of hydrogen-bond acceptors (Lipinski definition) is 7. The van der Waals surface area contributed by atoms with Crippen LogP contribution in [-0.2, 0) is 16.0 Å². The minimum Gasteiger partial charge on any atom is -0.480 e. The normalized spacial score (nSPS) is 13.7. The molecule has 0 amide bonds. The summed E-state index contributed by atoms with van der Waals surface area (Å²) in [6.07, 6.45) is 3.87. The van der Waals surface area contributed by atoms with Gasteiger partial charge in [0.2, 0.25) is 5.12 Å². The van der Waals surface area contributed by atoms with Crippen LogP contribution in [-0.4, -0.2) is 39.8 Å². The maximum Gasteiger partial charge on any atom is 0.321 e. The van der Waals surface area contributed by atoms with Gasteiger partial charge in [-0.05, 0) is 49.0 Å². The Hall–Kier alpha value is -1.48. The van der Waals surface area contributed by atoms with Gasteiger partial charge in [-0.25, -0.2) is 4.72 Å². The second kappa shape index (κ2) is 8.64. The monoisotopic (exact) mass is 298 g/mol. The van der Waals surface area contributed by atoms with E-state index in [1.807, 2.05) is 0 Å². The van der Waals surface area contributed by atoms with Crippen molar-refractivity contribution in [2.45, 2.75) is 24.9 Å². The number of aliphatic carboxylic acids is 1. The molecule has 0 radical (unpaired) electrons. The van der Waals surface area contributed by atoms with Crippen molar-refractivity contribution < 1.29 is 14.7 Å². The van der Waals surface area contributed by atoms with Crippen molar-refractivity contribution in [1.82, 2.24) is 9.71 Å². The minimum absolute atomic E-state index is 0.224. The number of rotatable bonds is 8. The van der Waals surface area contributed by atoms with E-state index in [-0.39, 0.29) is 18.1 Å². The molecule has 6 N–H and O–H groups in total. The van der Waals surface area contributed by atoms with Crippen LogP contribution in [0, 0.1) is 0 Å². The van der Waals surface area contributed by atoms with E-state index in [0.29, 0.717) is 18.4 Å². The minimum atomic E-state index is -1.04. The highest BCUT2D eigenvalue weighted by atomic mass is 32.2. The summed E-state index contributed by atoms with van der Waals surface area (Å²) < 4.78 is 2.58. The molecule has 2 atom stereocenters. The van der Waals surface area contributed by atoms with E-state index >= 15 is 0 Å². The van der Waals surface area contributed by atoms with Crippen molar-refractivity contribution in [3.63, 3.8) is 0 Å². The van der Waals surface area contributed by atoms with Crippen LogP contribution in [0.2, 0.25) is 0 Å². The summed E-state index contributed by atoms with van der Waals surface area (Å²) >= 11 is 0.714. The van der Waals surface area contributed by atoms with E-state index in [1.165, 1.54) is 0 Å². The molecule has 1 aromatic rings. The molecule has 8 heteroatoms. The van der Waals surface area contributed by atoms with Crippen LogP contribution in [0.1, 0.15) is 12.0 Å². The molecule has 0 aliphatic carbocycles. The van der Waals surface area contributed by atoms with E-state index < -0.39 is 18.1 Å². The third-order valence-electron chi connectivity index (χ3n) is 2.56. The first kappa shape index (κ1) is 16.6. The van der Waals surface area contributed by atoms with Gasteiger partial charge in [0.05, 0.1) is 6.04 Å². The fourth-order valence-corrected chi connectivity index (χ4v) is 2.17. The Morgan fingerprint density at radius 2 is 2.05 bits per heavy atom. The van der Waals surface area contributed by atoms with Gasteiger partial charge < -0.3 is 16.6 Å². The Labute approximate surface area is 121 Å². The first-order valence-corrected chi connectivity index (χ1v) is 6.89. The largest absolute Gasteiger partial charge is 0.480 e. The van der Waals surface area contributed by atoms with Gasteiger partial charge in [0, 0.05) is 12.4 Å². The highest BCUT2D eigenvalue weighted by Crippen LogP contribution is 2.08. The molecular weight excluding hydrogens is 280 g/mol. The maximum atomic E-state index is 11.8. The summed E-state index contributed by atoms with van der Waals surface area (Å²) in [5.74, 6) is -1.04. The van der Waals surface area contributed by atoms with Crippen LogP contribution in [0.5, 0.6) is 0 Å². The molecule has 0 unspecified atom stereocenters. The topological polar surface area (TPSA) is 131 Å². The smallest absolute Gasteiger partial charge is 0.321 e. The van der Waals surface area contributed by atoms with Crippen LogP contribution in [0.4, 0.5) is 0 Å². The summed E-state index contributed by atoms with van der Waals surface area (Å²) in [7, 11) is 0. The number of pyridine rings is 1. The predicted molar refractivity (Wildman–Crippen MR) is 76.7 cm³/mol. The molecule has 0 aliphatic heterocycles. The van der Waals surface area contributed by atoms with Crippen LogP contribution in [0.25, 0.3) is 0 Å². The molecule has 0 bridgehead atoms. The molecular formula is C12H18N4O3S. The summed E-state index contributed by atoms with van der Waals surface area (Å²) in [5, 5.41) is 8.60. The van der Waals surface area contributed by atoms with Gasteiger partial charge in [0.25, 0.3) is 0 Å². The first-order valence-electron chi connectivity index (χ1n) is 6.08. The number of carboxylic acids is 1. The second-order valence-electron chi connectivity index (χ2n) is 4.17. The summed E-state index contributed by atoms with van der Waals surface area (Å²) in [4.78, 5) is 26.6. The van der Waals surface area contributed by atoms with Crippen LogP contribution >= 0.6 is 11.9 Å². The van der Waals surface area contributed by atoms with Crippen LogP contribution in [0.3, 0.4) is 0 Å². The van der Waals surface area contributed by atoms with Crippen LogP contribution in [0.15, 0.2) is 24.5 Å². The number of carbonyl (C=O) groups is 2. The van der Waals surface area contributed by atoms with Gasteiger partial charge in [-0.15, -0.1) is 0 Å². The van der Waals surface area contributed by atoms with Crippen molar-refractivity contribution in [3.05, 3.63) is 30.1 Å². The van der Waals surface area contributed by atoms with E-state index in [2.05, 4.69) is 9.71 Å². The third-order valence-corrected chi connectivity index (χ3v) is 3.47. The van der Waals surface area contributed by atoms with Gasteiger partial charge in [-0.3, -0.25) is 14.6 Å². The second-order valence-corrected chi connectivity index (χ2v) is 5.02. The number of carboxylic acid groups (broad SMARTS) is 1. The molecule has 20 heavy (non-hydrogen) atoms. The van der Waals surface area contributed by atoms with E-state index in [9.17, 15) is 9.59 Å². The number of aromatic nitrogens is 1. The fourth-order valence-electron chi connectivity index (χ4n) is 1.46. The molecule has 0 aliphatic rings. The lowest BCUT2D eigenvalue weighted by Gasteiger charge is -2.14. The Balaban J connectivity index is 2.43. The number of carbonyl (C=O) groups excluding carboxylic acids is 1. The van der Waals surface area contributed by atoms with Crippen molar-refractivity contribution in [2.24, 2.45) is 11.5 Å². The summed E-state index contributed by atoms with van der Waals surface area (Å²) in [6, 6.07) is 1.99. The Kier molecular flexibility index (Phi) is 7.16. The Morgan fingerprint density at radius 1 is 1.40 bits per heavy atom. The van der Waals surface area contributed by atoms with Gasteiger partial charge >= 0.3 is 5.97 Å². The first-order chi connectivity index (χ1) is 9.54. The Bertz CT molecular complexity index is 444. The standard InChI is InChI=1S/C12H18N4O3S/c13-4-1-10(11(17)18)16-20-12(19)9(14)7-8-2-5-15-6-3-8/h2-3,5-6,9-10,16H,1,4,7,13-14H2,(H,17,18)/t9-,10-/m0/s1. The number of hydrogen-bond donors (Lipinski definition) is 4. The highest BCUT2D eigenvalue weighted by Gasteiger charge is 2.20. The van der Waals surface area contributed by atoms with Gasteiger partial charge in [0.1, 0.15) is 6.04 Å². The lowest BCUT2D eigenvalue weighted by atomic mass is 10.1. The summed E-state index contributed by atoms with van der Waals surface area (Å²) in [6.45, 7) is 0.224. The lowest BCUT2D eigenvalue weighted by molar-refractivity contribution is -0.139. The molecule has 0 spiro atoms. The average Bonchev–Trinajstić information content (AvgIpc) is 2.43. The number of nitrogens with zero attached hydrogens (tertiary/aromatic N) is 1. The molecule has 7 nitrogen and oxygen atoms in total. The fraction of sp³-hybridized carbons (Fsp3) is 0.417. The number of nitrogens with two attached hydrogens (primary N) is 2. The molecule has 1 rings (SSSR count). The maximum absolute atomic E-state index is 11.8. The van der Waals surface area contributed by atoms with Crippen molar-refractivity contribution >= 4 is 23.0 Å². The molecule has 1 heterocycles. The van der Waals surface area contributed by atoms with Gasteiger partial charge in [-0.2, -0.15) is 0 Å². The number of nitrogens with one attached hydrogen (secondary N) is 1.